The van der Waals surface area contributed by atoms with Gasteiger partial charge in [0.2, 0.25) is 0 Å². The van der Waals surface area contributed by atoms with Gasteiger partial charge in [-0.2, -0.15) is 10.2 Å². The molecule has 0 heterocycles. The summed E-state index contributed by atoms with van der Waals surface area (Å²) in [5.41, 5.74) is 6.94. The molecule has 1 aromatic carbocycles. The van der Waals surface area contributed by atoms with Crippen molar-refractivity contribution in [3.63, 3.8) is 0 Å². The Morgan fingerprint density at radius 2 is 1.80 bits per heavy atom. The van der Waals surface area contributed by atoms with E-state index >= 15 is 0 Å². The van der Waals surface area contributed by atoms with Crippen molar-refractivity contribution >= 4 is 43.2 Å². The second-order valence-electron chi connectivity index (χ2n) is 4.19. The molecule has 0 atom stereocenters. The molecular formula is C10H13Br2N3. The number of hydrogen-bond acceptors (Lipinski definition) is 3. The first-order valence-corrected chi connectivity index (χ1v) is 6.05. The van der Waals surface area contributed by atoms with Gasteiger partial charge in [0.25, 0.3) is 0 Å². The van der Waals surface area contributed by atoms with E-state index in [9.17, 15) is 0 Å². The number of anilines is 1. The zero-order valence-electron chi connectivity index (χ0n) is 8.88. The highest BCUT2D eigenvalue weighted by molar-refractivity contribution is 9.11. The number of halogens is 2. The van der Waals surface area contributed by atoms with Crippen molar-refractivity contribution in [3.05, 3.63) is 21.1 Å². The van der Waals surface area contributed by atoms with Gasteiger partial charge in [-0.15, -0.1) is 0 Å². The molecule has 0 saturated heterocycles. The van der Waals surface area contributed by atoms with Crippen LogP contribution >= 0.6 is 31.9 Å². The molecule has 3 nitrogen and oxygen atoms in total. The molecule has 0 radical (unpaired) electrons. The van der Waals surface area contributed by atoms with Crippen LogP contribution in [0.4, 0.5) is 11.4 Å². The SMILES string of the molecule is CC(C)(C)N=Nc1cc(Br)cc(Br)c1N. The summed E-state index contributed by atoms with van der Waals surface area (Å²) in [6, 6.07) is 3.72. The van der Waals surface area contributed by atoms with Crippen LogP contribution in [0.1, 0.15) is 20.8 Å². The van der Waals surface area contributed by atoms with Gasteiger partial charge < -0.3 is 5.73 Å². The van der Waals surface area contributed by atoms with Gasteiger partial charge >= 0.3 is 0 Å². The normalized spacial score (nSPS) is 12.3. The van der Waals surface area contributed by atoms with E-state index in [1.807, 2.05) is 32.9 Å². The van der Waals surface area contributed by atoms with E-state index in [2.05, 4.69) is 42.1 Å². The molecule has 0 aliphatic rings. The predicted octanol–water partition coefficient (Wildman–Crippen LogP) is 4.68. The quantitative estimate of drug-likeness (QED) is 0.588. The summed E-state index contributed by atoms with van der Waals surface area (Å²) in [6.45, 7) is 5.96. The highest BCUT2D eigenvalue weighted by atomic mass is 79.9. The van der Waals surface area contributed by atoms with Crippen LogP contribution in [0.3, 0.4) is 0 Å². The number of azo groups is 1. The monoisotopic (exact) mass is 333 g/mol. The minimum absolute atomic E-state index is 0.193. The molecule has 0 aliphatic carbocycles. The lowest BCUT2D eigenvalue weighted by Crippen LogP contribution is -2.07. The van der Waals surface area contributed by atoms with Crippen molar-refractivity contribution in [2.75, 3.05) is 5.73 Å². The molecule has 0 aromatic heterocycles. The van der Waals surface area contributed by atoms with Crippen molar-refractivity contribution in [2.45, 2.75) is 26.3 Å². The number of nitrogen functional groups attached to an aromatic ring is 1. The Morgan fingerprint density at radius 3 is 2.33 bits per heavy atom. The Kier molecular flexibility index (Phi) is 3.89. The Morgan fingerprint density at radius 1 is 1.20 bits per heavy atom. The van der Waals surface area contributed by atoms with Gasteiger partial charge in [-0.05, 0) is 48.8 Å². The summed E-state index contributed by atoms with van der Waals surface area (Å²) >= 11 is 6.74. The van der Waals surface area contributed by atoms with Gasteiger partial charge in [0, 0.05) is 8.95 Å². The van der Waals surface area contributed by atoms with Crippen molar-refractivity contribution in [1.82, 2.24) is 0 Å². The molecule has 15 heavy (non-hydrogen) atoms. The summed E-state index contributed by atoms with van der Waals surface area (Å²) in [7, 11) is 0. The summed E-state index contributed by atoms with van der Waals surface area (Å²) < 4.78 is 1.74. The van der Waals surface area contributed by atoms with Crippen LogP contribution in [0.5, 0.6) is 0 Å². The van der Waals surface area contributed by atoms with E-state index in [1.165, 1.54) is 0 Å². The topological polar surface area (TPSA) is 50.7 Å². The van der Waals surface area contributed by atoms with Crippen LogP contribution in [-0.2, 0) is 0 Å². The number of nitrogens with zero attached hydrogens (tertiary/aromatic N) is 2. The fourth-order valence-electron chi connectivity index (χ4n) is 0.858. The molecule has 5 heteroatoms. The Balaban J connectivity index is 3.10. The van der Waals surface area contributed by atoms with Crippen molar-refractivity contribution in [1.29, 1.82) is 0 Å². The highest BCUT2D eigenvalue weighted by Gasteiger charge is 2.09. The summed E-state index contributed by atoms with van der Waals surface area (Å²) in [5, 5.41) is 8.31. The first-order chi connectivity index (χ1) is 6.79. The lowest BCUT2D eigenvalue weighted by atomic mass is 10.1. The molecule has 82 valence electrons. The van der Waals surface area contributed by atoms with Gasteiger partial charge in [-0.25, -0.2) is 0 Å². The zero-order valence-corrected chi connectivity index (χ0v) is 12.1. The maximum atomic E-state index is 5.86. The predicted molar refractivity (Wildman–Crippen MR) is 70.5 cm³/mol. The maximum Gasteiger partial charge on any atom is 0.110 e. The highest BCUT2D eigenvalue weighted by Crippen LogP contribution is 2.34. The van der Waals surface area contributed by atoms with E-state index in [0.29, 0.717) is 11.4 Å². The largest absolute Gasteiger partial charge is 0.396 e. The first kappa shape index (κ1) is 12.6. The van der Waals surface area contributed by atoms with Crippen LogP contribution in [0.25, 0.3) is 0 Å². The van der Waals surface area contributed by atoms with Crippen LogP contribution in [0.2, 0.25) is 0 Å². The third-order valence-corrected chi connectivity index (χ3v) is 2.64. The molecule has 0 unspecified atom stereocenters. The summed E-state index contributed by atoms with van der Waals surface area (Å²) in [5.74, 6) is 0. The van der Waals surface area contributed by atoms with E-state index < -0.39 is 0 Å². The molecular weight excluding hydrogens is 322 g/mol. The molecule has 1 rings (SSSR count). The standard InChI is InChI=1S/C10H13Br2N3/c1-10(2,3)15-14-8-5-6(11)4-7(12)9(8)13/h4-5H,13H2,1-3H3. The van der Waals surface area contributed by atoms with E-state index in [1.54, 1.807) is 0 Å². The lowest BCUT2D eigenvalue weighted by molar-refractivity contribution is 0.552. The van der Waals surface area contributed by atoms with Crippen molar-refractivity contribution in [3.8, 4) is 0 Å². The lowest BCUT2D eigenvalue weighted by Gasteiger charge is -2.10. The molecule has 0 spiro atoms. The Bertz CT molecular complexity index is 394. The third kappa shape index (κ3) is 3.91. The van der Waals surface area contributed by atoms with Crippen molar-refractivity contribution < 1.29 is 0 Å². The fourth-order valence-corrected chi connectivity index (χ4v) is 2.06. The van der Waals surface area contributed by atoms with Gasteiger partial charge in [-0.3, -0.25) is 0 Å². The van der Waals surface area contributed by atoms with E-state index in [0.717, 1.165) is 8.95 Å². The number of rotatable bonds is 1. The maximum absolute atomic E-state index is 5.86. The average Bonchev–Trinajstić information content (AvgIpc) is 2.07. The van der Waals surface area contributed by atoms with Gasteiger partial charge in [-0.1, -0.05) is 15.9 Å². The Hall–Kier alpha value is -0.420. The fraction of sp³-hybridized carbons (Fsp3) is 0.400. The number of benzene rings is 1. The minimum Gasteiger partial charge on any atom is -0.396 e. The average molecular weight is 335 g/mol. The van der Waals surface area contributed by atoms with Crippen molar-refractivity contribution in [2.24, 2.45) is 10.2 Å². The molecule has 1 aromatic rings. The summed E-state index contributed by atoms with van der Waals surface area (Å²) in [6.07, 6.45) is 0. The molecule has 0 fully saturated rings. The first-order valence-electron chi connectivity index (χ1n) is 4.47. The van der Waals surface area contributed by atoms with Crippen LogP contribution in [0.15, 0.2) is 31.3 Å². The summed E-state index contributed by atoms with van der Waals surface area (Å²) in [4.78, 5) is 0. The second-order valence-corrected chi connectivity index (χ2v) is 5.96. The number of hydrogen-bond donors (Lipinski definition) is 1. The molecule has 0 saturated carbocycles. The van der Waals surface area contributed by atoms with Crippen LogP contribution in [0, 0.1) is 0 Å². The molecule has 0 aliphatic heterocycles. The van der Waals surface area contributed by atoms with E-state index in [-0.39, 0.29) is 5.54 Å². The Labute approximate surface area is 106 Å². The second kappa shape index (κ2) is 4.61. The minimum atomic E-state index is -0.193. The van der Waals surface area contributed by atoms with E-state index in [4.69, 9.17) is 5.73 Å². The van der Waals surface area contributed by atoms with Gasteiger partial charge in [0.05, 0.1) is 11.2 Å². The molecule has 0 amide bonds. The van der Waals surface area contributed by atoms with Crippen LogP contribution in [-0.4, -0.2) is 5.54 Å². The molecule has 2 N–H and O–H groups in total. The smallest absolute Gasteiger partial charge is 0.110 e. The number of nitrogens with two attached hydrogens (primary N) is 1. The third-order valence-electron chi connectivity index (χ3n) is 1.53. The van der Waals surface area contributed by atoms with Gasteiger partial charge in [0.15, 0.2) is 0 Å². The molecule has 0 bridgehead atoms. The van der Waals surface area contributed by atoms with Crippen LogP contribution < -0.4 is 5.73 Å². The van der Waals surface area contributed by atoms with Gasteiger partial charge in [0.1, 0.15) is 5.69 Å². The zero-order chi connectivity index (χ0) is 11.6.